The van der Waals surface area contributed by atoms with Crippen LogP contribution in [-0.2, 0) is 38.7 Å². The highest BCUT2D eigenvalue weighted by molar-refractivity contribution is 7.91. The number of carbonyl (C=O) groups excluding carboxylic acids is 4. The third-order valence-corrected chi connectivity index (χ3v) is 18.4. The van der Waals surface area contributed by atoms with Crippen LogP contribution in [-0.4, -0.2) is 117 Å². The zero-order valence-electron chi connectivity index (χ0n) is 43.1. The number of sulfone groups is 2. The Hall–Kier alpha value is -6.49. The Bertz CT molecular complexity index is 3770. The number of nitrogens with zero attached hydrogens (tertiary/aromatic N) is 5. The fourth-order valence-electron chi connectivity index (χ4n) is 8.82. The molecule has 0 spiro atoms. The summed E-state index contributed by atoms with van der Waals surface area (Å²) in [5.41, 5.74) is 4.54. The summed E-state index contributed by atoms with van der Waals surface area (Å²) < 4.78 is 60.6. The Balaban J connectivity index is 0.000000181. The van der Waals surface area contributed by atoms with Crippen molar-refractivity contribution >= 4 is 100 Å². The molecule has 4 aromatic carbocycles. The maximum atomic E-state index is 13.5. The lowest BCUT2D eigenvalue weighted by Crippen LogP contribution is -2.40. The molecule has 0 unspecified atom stereocenters. The van der Waals surface area contributed by atoms with Crippen molar-refractivity contribution < 1.29 is 45.5 Å². The molecule has 10 rings (SSSR count). The summed E-state index contributed by atoms with van der Waals surface area (Å²) in [7, 11) is -3.83. The number of methoxy groups -OCH3 is 2. The van der Waals surface area contributed by atoms with Crippen molar-refractivity contribution in [3.63, 3.8) is 0 Å². The van der Waals surface area contributed by atoms with Gasteiger partial charge >= 0.3 is 11.9 Å². The number of amides is 1. The molecule has 4 aromatic heterocycles. The first-order chi connectivity index (χ1) is 37.7. The largest absolute Gasteiger partial charge is 0.469 e. The molecule has 2 aliphatic rings. The number of aromatic nitrogens is 4. The SMILES string of the molecule is COC(=O)C1CCN(C(=O)c2cc(-c3ccc(-c4cccc(S(C)(=O)=O)c4)s3)n(-c3ccccc3Cl)n2)CC1.COC(=O)C1CCNCC1.CS(=O)(=O)c1cccc(-c2ccc(-c3cc(C(=O)Cl)nn3-c3ccccc3Cl)s2)c1. The molecule has 23 heteroatoms. The Morgan fingerprint density at radius 2 is 0.975 bits per heavy atom. The van der Waals surface area contributed by atoms with E-state index in [-0.39, 0.29) is 50.9 Å². The molecule has 79 heavy (non-hydrogen) atoms. The number of ether oxygens (including phenoxy) is 2. The maximum absolute atomic E-state index is 13.5. The molecule has 2 aliphatic heterocycles. The van der Waals surface area contributed by atoms with E-state index in [0.29, 0.717) is 58.7 Å². The molecular weight excluding hydrogens is 1150 g/mol. The number of carbonyl (C=O) groups is 4. The molecule has 412 valence electrons. The lowest BCUT2D eigenvalue weighted by molar-refractivity contribution is -0.147. The van der Waals surface area contributed by atoms with E-state index in [9.17, 15) is 36.0 Å². The molecular formula is C56H53Cl3N6O10S4. The number of hydrogen-bond acceptors (Lipinski definition) is 15. The van der Waals surface area contributed by atoms with Crippen molar-refractivity contribution in [1.29, 1.82) is 0 Å². The minimum atomic E-state index is -3.34. The third-order valence-electron chi connectivity index (χ3n) is 13.0. The number of thiophene rings is 2. The summed E-state index contributed by atoms with van der Waals surface area (Å²) in [4.78, 5) is 53.6. The summed E-state index contributed by atoms with van der Waals surface area (Å²) in [5, 5.41) is 12.5. The minimum absolute atomic E-state index is 0.0542. The van der Waals surface area contributed by atoms with Gasteiger partial charge in [-0.05, 0) is 146 Å². The number of likely N-dealkylation sites (tertiary alicyclic amines) is 1. The van der Waals surface area contributed by atoms with Gasteiger partial charge in [0.2, 0.25) is 0 Å². The molecule has 0 atom stereocenters. The highest BCUT2D eigenvalue weighted by Gasteiger charge is 2.31. The van der Waals surface area contributed by atoms with Gasteiger partial charge in [0.1, 0.15) is 5.69 Å². The number of esters is 2. The minimum Gasteiger partial charge on any atom is -0.469 e. The molecule has 0 aliphatic carbocycles. The quantitative estimate of drug-likeness (QED) is 0.0894. The lowest BCUT2D eigenvalue weighted by atomic mass is 9.97. The van der Waals surface area contributed by atoms with Crippen LogP contribution < -0.4 is 5.32 Å². The highest BCUT2D eigenvalue weighted by Crippen LogP contribution is 2.39. The monoisotopic (exact) mass is 1200 g/mol. The molecule has 6 heterocycles. The zero-order valence-corrected chi connectivity index (χ0v) is 48.6. The van der Waals surface area contributed by atoms with Crippen LogP contribution in [0.5, 0.6) is 0 Å². The van der Waals surface area contributed by atoms with Gasteiger partial charge in [0, 0.05) is 35.4 Å². The average Bonchev–Trinajstić information content (AvgIpc) is 4.52. The van der Waals surface area contributed by atoms with Crippen LogP contribution in [0.1, 0.15) is 46.7 Å². The van der Waals surface area contributed by atoms with Gasteiger partial charge in [0.25, 0.3) is 11.1 Å². The number of hydrogen-bond donors (Lipinski definition) is 1. The van der Waals surface area contributed by atoms with Crippen LogP contribution in [0.15, 0.2) is 143 Å². The first kappa shape index (κ1) is 58.7. The van der Waals surface area contributed by atoms with Crippen LogP contribution in [0, 0.1) is 11.8 Å². The van der Waals surface area contributed by atoms with Crippen molar-refractivity contribution in [2.45, 2.75) is 35.5 Å². The fourth-order valence-corrected chi connectivity index (χ4v) is 12.7. The van der Waals surface area contributed by atoms with Crippen molar-refractivity contribution in [2.24, 2.45) is 11.8 Å². The van der Waals surface area contributed by atoms with Gasteiger partial charge in [0.15, 0.2) is 25.4 Å². The van der Waals surface area contributed by atoms with Crippen LogP contribution in [0.25, 0.3) is 53.4 Å². The van der Waals surface area contributed by atoms with E-state index in [0.717, 1.165) is 56.6 Å². The van der Waals surface area contributed by atoms with E-state index >= 15 is 0 Å². The van der Waals surface area contributed by atoms with Crippen molar-refractivity contribution in [1.82, 2.24) is 29.8 Å². The smallest absolute Gasteiger partial charge is 0.308 e. The van der Waals surface area contributed by atoms with Gasteiger partial charge in [-0.25, -0.2) is 26.2 Å². The van der Waals surface area contributed by atoms with Gasteiger partial charge in [-0.15, -0.1) is 22.7 Å². The number of rotatable bonds is 12. The predicted octanol–water partition coefficient (Wildman–Crippen LogP) is 11.2. The molecule has 0 radical (unpaired) electrons. The number of halogens is 3. The zero-order chi connectivity index (χ0) is 56.6. The number of para-hydroxylation sites is 2. The Morgan fingerprint density at radius 1 is 0.557 bits per heavy atom. The van der Waals surface area contributed by atoms with E-state index < -0.39 is 24.9 Å². The Labute approximate surface area is 480 Å². The maximum Gasteiger partial charge on any atom is 0.308 e. The van der Waals surface area contributed by atoms with E-state index in [1.54, 1.807) is 87.1 Å². The van der Waals surface area contributed by atoms with Crippen LogP contribution in [0.4, 0.5) is 0 Å². The lowest BCUT2D eigenvalue weighted by Gasteiger charge is -2.30. The second-order valence-corrected chi connectivity index (χ2v) is 25.8. The molecule has 0 saturated carbocycles. The molecule has 16 nitrogen and oxygen atoms in total. The summed E-state index contributed by atoms with van der Waals surface area (Å²) in [5.74, 6) is -0.584. The molecule has 8 aromatic rings. The number of benzene rings is 4. The molecule has 2 fully saturated rings. The first-order valence-corrected chi connectivity index (χ1v) is 31.2. The van der Waals surface area contributed by atoms with E-state index in [1.807, 2.05) is 60.7 Å². The fraction of sp³-hybridized carbons (Fsp3) is 0.250. The Morgan fingerprint density at radius 3 is 1.41 bits per heavy atom. The predicted molar refractivity (Wildman–Crippen MR) is 309 cm³/mol. The van der Waals surface area contributed by atoms with E-state index in [2.05, 4.69) is 20.3 Å². The second-order valence-electron chi connectivity index (χ2n) is 18.4. The Kier molecular flexibility index (Phi) is 19.1. The van der Waals surface area contributed by atoms with Crippen LogP contribution in [0.3, 0.4) is 0 Å². The number of piperidine rings is 2. The highest BCUT2D eigenvalue weighted by atomic mass is 35.5. The molecule has 0 bridgehead atoms. The summed E-state index contributed by atoms with van der Waals surface area (Å²) in [6.45, 7) is 2.76. The topological polar surface area (TPSA) is 206 Å². The van der Waals surface area contributed by atoms with E-state index in [1.165, 1.54) is 49.4 Å². The first-order valence-electron chi connectivity index (χ1n) is 24.6. The summed E-state index contributed by atoms with van der Waals surface area (Å²) in [6.07, 6.45) is 5.29. The normalized spacial score (nSPS) is 14.1. The second kappa shape index (κ2) is 25.7. The standard InChI is InChI=1S/C28H26ClN3O5S2.C21H14Cl2N2O3S2.C7H13NO2/c1-37-28(34)18-12-14-31(15-13-18)27(33)22-17-24(32(30-22)23-9-4-3-8-21(23)29)26-11-10-25(38-26)19-6-5-7-20(16-19)39(2,35)36;1-30(27,28)14-6-4-5-13(11-14)19-9-10-20(29-19)18-12-16(21(23)26)24-25(18)17-8-3-2-7-15(17)22;1-10-7(9)6-2-4-8-5-3-6/h3-11,16-18H,12-15H2,1-2H3;2-12H,1H3;6,8H,2-5H2,1H3. The van der Waals surface area contributed by atoms with Gasteiger partial charge in [-0.2, -0.15) is 10.2 Å². The van der Waals surface area contributed by atoms with E-state index in [4.69, 9.17) is 39.5 Å². The average molecular weight is 1200 g/mol. The summed E-state index contributed by atoms with van der Waals surface area (Å²) in [6, 6.07) is 39.0. The molecule has 2 saturated heterocycles. The van der Waals surface area contributed by atoms with Gasteiger partial charge in [0.05, 0.1) is 78.4 Å². The van der Waals surface area contributed by atoms with Crippen LogP contribution >= 0.6 is 57.5 Å². The number of nitrogens with one attached hydrogen (secondary N) is 1. The third kappa shape index (κ3) is 14.3. The summed E-state index contributed by atoms with van der Waals surface area (Å²) >= 11 is 21.4. The molecule has 1 N–H and O–H groups in total. The van der Waals surface area contributed by atoms with Gasteiger partial charge in [-0.1, -0.05) is 71.7 Å². The van der Waals surface area contributed by atoms with Gasteiger partial charge in [-0.3, -0.25) is 19.2 Å². The van der Waals surface area contributed by atoms with Crippen molar-refractivity contribution in [3.05, 3.63) is 155 Å². The molecule has 1 amide bonds. The van der Waals surface area contributed by atoms with Crippen molar-refractivity contribution in [2.75, 3.05) is 52.9 Å². The van der Waals surface area contributed by atoms with Crippen molar-refractivity contribution in [3.8, 4) is 53.4 Å². The van der Waals surface area contributed by atoms with Crippen LogP contribution in [0.2, 0.25) is 10.0 Å². The van der Waals surface area contributed by atoms with Gasteiger partial charge < -0.3 is 19.7 Å².